The molecule has 2 N–H and O–H groups in total. The Balaban J connectivity index is 1.52. The van der Waals surface area contributed by atoms with E-state index < -0.39 is 0 Å². The van der Waals surface area contributed by atoms with Crippen LogP contribution in [0.4, 0.5) is 17.3 Å². The summed E-state index contributed by atoms with van der Waals surface area (Å²) in [5, 5.41) is 6.27. The lowest BCUT2D eigenvalue weighted by atomic mass is 9.93. The van der Waals surface area contributed by atoms with Crippen molar-refractivity contribution in [1.29, 1.82) is 0 Å². The molecule has 1 unspecified atom stereocenters. The van der Waals surface area contributed by atoms with E-state index in [-0.39, 0.29) is 5.91 Å². The molecule has 1 aromatic carbocycles. The van der Waals surface area contributed by atoms with E-state index in [4.69, 9.17) is 0 Å². The second-order valence-electron chi connectivity index (χ2n) is 7.15. The van der Waals surface area contributed by atoms with Gasteiger partial charge in [0.1, 0.15) is 18.0 Å². The SMILES string of the molecule is CCNc1cc(N2CCCC(CCC(=O)Nc3ccccc3C)C2)ncn1. The maximum atomic E-state index is 12.3. The average Bonchev–Trinajstić information content (AvgIpc) is 2.69. The Hall–Kier alpha value is -2.63. The molecule has 0 bridgehead atoms. The lowest BCUT2D eigenvalue weighted by Gasteiger charge is -2.33. The number of amides is 1. The van der Waals surface area contributed by atoms with Crippen molar-refractivity contribution in [2.45, 2.75) is 39.5 Å². The number of nitrogens with zero attached hydrogens (tertiary/aromatic N) is 3. The van der Waals surface area contributed by atoms with Gasteiger partial charge in [0.2, 0.25) is 5.91 Å². The zero-order valence-electron chi connectivity index (χ0n) is 16.2. The van der Waals surface area contributed by atoms with Crippen LogP contribution in [0.15, 0.2) is 36.7 Å². The summed E-state index contributed by atoms with van der Waals surface area (Å²) in [7, 11) is 0. The minimum atomic E-state index is 0.0953. The number of carbonyl (C=O) groups is 1. The molecule has 1 aliphatic heterocycles. The van der Waals surface area contributed by atoms with E-state index in [0.717, 1.165) is 55.4 Å². The van der Waals surface area contributed by atoms with Gasteiger partial charge in [0.05, 0.1) is 0 Å². The number of carbonyl (C=O) groups excluding carboxylic acids is 1. The summed E-state index contributed by atoms with van der Waals surface area (Å²) in [5.74, 6) is 2.44. The van der Waals surface area contributed by atoms with Crippen LogP contribution in [-0.2, 0) is 4.79 Å². The standard InChI is InChI=1S/C21H29N5O/c1-3-22-19-13-20(24-15-23-19)26-12-6-8-17(14-26)10-11-21(27)25-18-9-5-4-7-16(18)2/h4-5,7,9,13,15,17H,3,6,8,10-12,14H2,1-2H3,(H,25,27)(H,22,23,24). The summed E-state index contributed by atoms with van der Waals surface area (Å²) in [6.45, 7) is 6.86. The molecule has 1 amide bonds. The minimum Gasteiger partial charge on any atom is -0.370 e. The van der Waals surface area contributed by atoms with Crippen molar-refractivity contribution < 1.29 is 4.79 Å². The smallest absolute Gasteiger partial charge is 0.224 e. The predicted octanol–water partition coefficient (Wildman–Crippen LogP) is 3.85. The lowest BCUT2D eigenvalue weighted by molar-refractivity contribution is -0.116. The number of aryl methyl sites for hydroxylation is 1. The highest BCUT2D eigenvalue weighted by molar-refractivity contribution is 5.91. The third kappa shape index (κ3) is 5.42. The molecular formula is C21H29N5O. The number of para-hydroxylation sites is 1. The van der Waals surface area contributed by atoms with Gasteiger partial charge in [-0.1, -0.05) is 18.2 Å². The van der Waals surface area contributed by atoms with E-state index in [9.17, 15) is 4.79 Å². The monoisotopic (exact) mass is 367 g/mol. The summed E-state index contributed by atoms with van der Waals surface area (Å²) in [5.41, 5.74) is 2.00. The molecule has 1 aromatic heterocycles. The second-order valence-corrected chi connectivity index (χ2v) is 7.15. The quantitative estimate of drug-likeness (QED) is 0.778. The molecule has 0 saturated carbocycles. The second kappa shape index (κ2) is 9.35. The maximum absolute atomic E-state index is 12.3. The summed E-state index contributed by atoms with van der Waals surface area (Å²) < 4.78 is 0. The van der Waals surface area contributed by atoms with Gasteiger partial charge in [0.15, 0.2) is 0 Å². The fraction of sp³-hybridized carbons (Fsp3) is 0.476. The Morgan fingerprint density at radius 1 is 1.30 bits per heavy atom. The number of benzene rings is 1. The number of nitrogens with one attached hydrogen (secondary N) is 2. The first-order valence-electron chi connectivity index (χ1n) is 9.82. The number of hydrogen-bond acceptors (Lipinski definition) is 5. The van der Waals surface area contributed by atoms with E-state index in [1.54, 1.807) is 6.33 Å². The van der Waals surface area contributed by atoms with Gasteiger partial charge in [-0.3, -0.25) is 4.79 Å². The third-order valence-corrected chi connectivity index (χ3v) is 5.05. The van der Waals surface area contributed by atoms with Crippen molar-refractivity contribution in [3.05, 3.63) is 42.2 Å². The Bertz CT molecular complexity index is 764. The molecular weight excluding hydrogens is 338 g/mol. The Labute approximate surface area is 161 Å². The molecule has 2 aromatic rings. The van der Waals surface area contributed by atoms with Gasteiger partial charge in [0, 0.05) is 37.8 Å². The first-order valence-corrected chi connectivity index (χ1v) is 9.82. The Morgan fingerprint density at radius 3 is 2.96 bits per heavy atom. The predicted molar refractivity (Wildman–Crippen MR) is 110 cm³/mol. The van der Waals surface area contributed by atoms with Gasteiger partial charge in [-0.2, -0.15) is 0 Å². The first kappa shape index (κ1) is 19.1. The van der Waals surface area contributed by atoms with Gasteiger partial charge < -0.3 is 15.5 Å². The first-order chi connectivity index (χ1) is 13.2. The number of piperidine rings is 1. The molecule has 144 valence electrons. The molecule has 27 heavy (non-hydrogen) atoms. The number of aromatic nitrogens is 2. The van der Waals surface area contributed by atoms with Crippen LogP contribution in [0.1, 0.15) is 38.2 Å². The van der Waals surface area contributed by atoms with Gasteiger partial charge in [0.25, 0.3) is 0 Å². The number of rotatable bonds is 7. The van der Waals surface area contributed by atoms with E-state index in [2.05, 4.69) is 32.4 Å². The summed E-state index contributed by atoms with van der Waals surface area (Å²) in [4.78, 5) is 23.3. The topological polar surface area (TPSA) is 70.2 Å². The van der Waals surface area contributed by atoms with Gasteiger partial charge >= 0.3 is 0 Å². The summed E-state index contributed by atoms with van der Waals surface area (Å²) in [6, 6.07) is 9.91. The fourth-order valence-corrected chi connectivity index (χ4v) is 3.57. The fourth-order valence-electron chi connectivity index (χ4n) is 3.57. The minimum absolute atomic E-state index is 0.0953. The van der Waals surface area contributed by atoms with Crippen molar-refractivity contribution in [3.8, 4) is 0 Å². The largest absolute Gasteiger partial charge is 0.370 e. The molecule has 6 nitrogen and oxygen atoms in total. The van der Waals surface area contributed by atoms with Crippen LogP contribution in [0.2, 0.25) is 0 Å². The molecule has 3 rings (SSSR count). The number of hydrogen-bond donors (Lipinski definition) is 2. The zero-order valence-corrected chi connectivity index (χ0v) is 16.2. The normalized spacial score (nSPS) is 16.8. The molecule has 0 spiro atoms. The van der Waals surface area contributed by atoms with Crippen LogP contribution >= 0.6 is 0 Å². The summed E-state index contributed by atoms with van der Waals surface area (Å²) in [6.07, 6.45) is 5.37. The maximum Gasteiger partial charge on any atom is 0.224 e. The van der Waals surface area contributed by atoms with Gasteiger partial charge in [-0.25, -0.2) is 9.97 Å². The Morgan fingerprint density at radius 2 is 2.15 bits per heavy atom. The molecule has 2 heterocycles. The van der Waals surface area contributed by atoms with Crippen LogP contribution in [0.25, 0.3) is 0 Å². The van der Waals surface area contributed by atoms with E-state index in [1.807, 2.05) is 37.3 Å². The Kier molecular flexibility index (Phi) is 6.63. The third-order valence-electron chi connectivity index (χ3n) is 5.05. The van der Waals surface area contributed by atoms with E-state index in [1.165, 1.54) is 6.42 Å². The highest BCUT2D eigenvalue weighted by Crippen LogP contribution is 2.25. The number of anilines is 3. The molecule has 1 fully saturated rings. The summed E-state index contributed by atoms with van der Waals surface area (Å²) >= 11 is 0. The van der Waals surface area contributed by atoms with Gasteiger partial charge in [-0.05, 0) is 50.7 Å². The van der Waals surface area contributed by atoms with Gasteiger partial charge in [-0.15, -0.1) is 0 Å². The van der Waals surface area contributed by atoms with Crippen molar-refractivity contribution in [2.75, 3.05) is 35.2 Å². The molecule has 0 aliphatic carbocycles. The van der Waals surface area contributed by atoms with Crippen molar-refractivity contribution in [3.63, 3.8) is 0 Å². The lowest BCUT2D eigenvalue weighted by Crippen LogP contribution is -2.36. The van der Waals surface area contributed by atoms with Crippen molar-refractivity contribution >= 4 is 23.2 Å². The molecule has 1 aliphatic rings. The van der Waals surface area contributed by atoms with Crippen molar-refractivity contribution in [2.24, 2.45) is 5.92 Å². The van der Waals surface area contributed by atoms with Crippen LogP contribution in [-0.4, -0.2) is 35.5 Å². The van der Waals surface area contributed by atoms with Crippen molar-refractivity contribution in [1.82, 2.24) is 9.97 Å². The average molecular weight is 367 g/mol. The zero-order chi connectivity index (χ0) is 19.1. The van der Waals surface area contributed by atoms with E-state index >= 15 is 0 Å². The molecule has 0 radical (unpaired) electrons. The highest BCUT2D eigenvalue weighted by atomic mass is 16.1. The van der Waals surface area contributed by atoms with Crippen LogP contribution < -0.4 is 15.5 Å². The van der Waals surface area contributed by atoms with Crippen LogP contribution in [0.3, 0.4) is 0 Å². The van der Waals surface area contributed by atoms with Crippen LogP contribution in [0, 0.1) is 12.8 Å². The van der Waals surface area contributed by atoms with Crippen LogP contribution in [0.5, 0.6) is 0 Å². The molecule has 1 atom stereocenters. The molecule has 1 saturated heterocycles. The molecule has 6 heteroatoms. The highest BCUT2D eigenvalue weighted by Gasteiger charge is 2.22. The van der Waals surface area contributed by atoms with E-state index in [0.29, 0.717) is 12.3 Å².